The molecule has 0 bridgehead atoms. The maximum absolute atomic E-state index is 12.5. The van der Waals surface area contributed by atoms with Gasteiger partial charge >= 0.3 is 12.5 Å². The van der Waals surface area contributed by atoms with E-state index in [4.69, 9.17) is 13.9 Å². The largest absolute Gasteiger partial charge is 0.522 e. The van der Waals surface area contributed by atoms with Crippen molar-refractivity contribution in [2.24, 2.45) is 0 Å². The maximum atomic E-state index is 12.5. The second-order valence-electron chi connectivity index (χ2n) is 8.16. The first-order chi connectivity index (χ1) is 16.5. The van der Waals surface area contributed by atoms with Crippen LogP contribution in [0.25, 0.3) is 0 Å². The van der Waals surface area contributed by atoms with Crippen LogP contribution in [0.5, 0.6) is 5.75 Å². The lowest BCUT2D eigenvalue weighted by Crippen LogP contribution is -2.43. The van der Waals surface area contributed by atoms with Crippen LogP contribution in [0.3, 0.4) is 0 Å². The van der Waals surface area contributed by atoms with Crippen molar-refractivity contribution in [2.45, 2.75) is 62.4 Å². The fourth-order valence-corrected chi connectivity index (χ4v) is 3.71. The average Bonchev–Trinajstić information content (AvgIpc) is 3.24. The molecule has 15 heteroatoms. The Kier molecular flexibility index (Phi) is 7.17. The van der Waals surface area contributed by atoms with Gasteiger partial charge in [0.1, 0.15) is 17.5 Å². The third kappa shape index (κ3) is 6.81. The fraction of sp³-hybridized carbons (Fsp3) is 0.600. The molecule has 35 heavy (non-hydrogen) atoms. The SMILES string of the molecule is O=C(COc1ccc(C(F)(F)F)nc1)N[C@H]1CC[C@H](c2nnc([C@H]3C[C@@H](OC(F)(F)F)C3)o2)OC1. The van der Waals surface area contributed by atoms with Crippen LogP contribution in [0.15, 0.2) is 22.7 Å². The van der Waals surface area contributed by atoms with Crippen LogP contribution in [-0.4, -0.2) is 52.8 Å². The molecule has 2 aliphatic rings. The second kappa shape index (κ2) is 9.97. The number of hydrogen-bond acceptors (Lipinski definition) is 8. The van der Waals surface area contributed by atoms with Gasteiger partial charge in [0.05, 0.1) is 24.9 Å². The van der Waals surface area contributed by atoms with E-state index in [1.165, 1.54) is 0 Å². The lowest BCUT2D eigenvalue weighted by atomic mass is 9.82. The molecule has 9 nitrogen and oxygen atoms in total. The molecule has 1 N–H and O–H groups in total. The number of rotatable bonds is 7. The van der Waals surface area contributed by atoms with Crippen molar-refractivity contribution in [3.63, 3.8) is 0 Å². The number of nitrogens with zero attached hydrogens (tertiary/aromatic N) is 3. The Morgan fingerprint density at radius 3 is 2.43 bits per heavy atom. The van der Waals surface area contributed by atoms with Gasteiger partial charge in [0.2, 0.25) is 11.8 Å². The van der Waals surface area contributed by atoms with Crippen molar-refractivity contribution in [3.05, 3.63) is 35.8 Å². The number of halogens is 6. The highest BCUT2D eigenvalue weighted by Gasteiger charge is 2.43. The minimum Gasteiger partial charge on any atom is -0.482 e. The van der Waals surface area contributed by atoms with Crippen LogP contribution in [0.1, 0.15) is 55.2 Å². The highest BCUT2D eigenvalue weighted by atomic mass is 19.4. The Labute approximate surface area is 194 Å². The van der Waals surface area contributed by atoms with E-state index in [1.54, 1.807) is 0 Å². The highest BCUT2D eigenvalue weighted by Crippen LogP contribution is 2.41. The molecule has 1 aliphatic carbocycles. The minimum absolute atomic E-state index is 0.0167. The van der Waals surface area contributed by atoms with Gasteiger partial charge in [-0.3, -0.25) is 9.53 Å². The summed E-state index contributed by atoms with van der Waals surface area (Å²) in [5.74, 6) is -0.334. The molecule has 0 aromatic carbocycles. The van der Waals surface area contributed by atoms with Gasteiger partial charge in [-0.25, -0.2) is 4.98 Å². The number of carbonyl (C=O) groups is 1. The van der Waals surface area contributed by atoms with Crippen LogP contribution < -0.4 is 10.1 Å². The van der Waals surface area contributed by atoms with Crippen molar-refractivity contribution in [3.8, 4) is 5.75 Å². The number of carbonyl (C=O) groups excluding carboxylic acids is 1. The van der Waals surface area contributed by atoms with Crippen LogP contribution in [0.4, 0.5) is 26.3 Å². The molecule has 2 aromatic heterocycles. The van der Waals surface area contributed by atoms with Gasteiger partial charge in [0.15, 0.2) is 6.61 Å². The van der Waals surface area contributed by atoms with Crippen molar-refractivity contribution in [1.29, 1.82) is 0 Å². The smallest absolute Gasteiger partial charge is 0.482 e. The zero-order valence-corrected chi connectivity index (χ0v) is 17.9. The zero-order chi connectivity index (χ0) is 25.2. The van der Waals surface area contributed by atoms with Crippen molar-refractivity contribution < 1.29 is 49.8 Å². The van der Waals surface area contributed by atoms with E-state index in [0.717, 1.165) is 18.3 Å². The third-order valence-corrected chi connectivity index (χ3v) is 5.51. The maximum Gasteiger partial charge on any atom is 0.522 e. The summed E-state index contributed by atoms with van der Waals surface area (Å²) in [4.78, 5) is 15.3. The molecule has 192 valence electrons. The van der Waals surface area contributed by atoms with Gasteiger partial charge in [-0.2, -0.15) is 13.2 Å². The number of pyridine rings is 1. The normalized spacial score (nSPS) is 25.1. The summed E-state index contributed by atoms with van der Waals surface area (Å²) in [6.45, 7) is -0.276. The van der Waals surface area contributed by atoms with Crippen LogP contribution in [0, 0.1) is 0 Å². The molecule has 2 aromatic rings. The van der Waals surface area contributed by atoms with Gasteiger partial charge in [-0.05, 0) is 37.8 Å². The summed E-state index contributed by atoms with van der Waals surface area (Å²) in [5, 5.41) is 10.5. The van der Waals surface area contributed by atoms with E-state index in [2.05, 4.69) is 25.2 Å². The topological polar surface area (TPSA) is 109 Å². The van der Waals surface area contributed by atoms with Crippen molar-refractivity contribution in [1.82, 2.24) is 20.5 Å². The van der Waals surface area contributed by atoms with Crippen molar-refractivity contribution in [2.75, 3.05) is 13.2 Å². The molecule has 0 unspecified atom stereocenters. The van der Waals surface area contributed by atoms with Gasteiger partial charge in [0, 0.05) is 5.92 Å². The van der Waals surface area contributed by atoms with E-state index in [-0.39, 0.29) is 48.9 Å². The quantitative estimate of drug-likeness (QED) is 0.562. The zero-order valence-electron chi connectivity index (χ0n) is 17.9. The average molecular weight is 510 g/mol. The molecule has 2 atom stereocenters. The van der Waals surface area contributed by atoms with Crippen LogP contribution in [-0.2, 0) is 20.4 Å². The predicted molar refractivity (Wildman–Crippen MR) is 102 cm³/mol. The number of amides is 1. The fourth-order valence-electron chi connectivity index (χ4n) is 3.71. The molecule has 1 aliphatic heterocycles. The van der Waals surface area contributed by atoms with Crippen LogP contribution >= 0.6 is 0 Å². The summed E-state index contributed by atoms with van der Waals surface area (Å²) < 4.78 is 94.6. The standard InChI is InChI=1S/C20H20F6N4O5/c21-19(22,23)15-4-2-12(7-27-15)32-9-16(31)28-11-1-3-14(33-8-11)18-30-29-17(34-18)10-5-13(6-10)35-20(24,25)26/h2,4,7,10-11,13-14H,1,3,5-6,8-9H2,(H,28,31)/t10-,11-,13+,14+/m0/s1. The minimum atomic E-state index is -4.68. The summed E-state index contributed by atoms with van der Waals surface area (Å²) >= 11 is 0. The lowest BCUT2D eigenvalue weighted by Gasteiger charge is -2.33. The van der Waals surface area contributed by atoms with Gasteiger partial charge in [-0.15, -0.1) is 23.4 Å². The number of ether oxygens (including phenoxy) is 3. The first-order valence-corrected chi connectivity index (χ1v) is 10.6. The number of alkyl halides is 6. The molecule has 0 radical (unpaired) electrons. The van der Waals surface area contributed by atoms with Gasteiger partial charge in [-0.1, -0.05) is 0 Å². The molecule has 4 rings (SSSR count). The predicted octanol–water partition coefficient (Wildman–Crippen LogP) is 3.68. The third-order valence-electron chi connectivity index (χ3n) is 5.51. The van der Waals surface area contributed by atoms with Crippen LogP contribution in [0.2, 0.25) is 0 Å². The lowest BCUT2D eigenvalue weighted by molar-refractivity contribution is -0.352. The second-order valence-corrected chi connectivity index (χ2v) is 8.16. The Morgan fingerprint density at radius 1 is 1.09 bits per heavy atom. The van der Waals surface area contributed by atoms with E-state index in [1.807, 2.05) is 0 Å². The molecule has 2 fully saturated rings. The van der Waals surface area contributed by atoms with E-state index in [0.29, 0.717) is 12.8 Å². The first-order valence-electron chi connectivity index (χ1n) is 10.6. The molecule has 1 saturated carbocycles. The van der Waals surface area contributed by atoms with Gasteiger partial charge in [0.25, 0.3) is 5.91 Å². The summed E-state index contributed by atoms with van der Waals surface area (Å²) in [6.07, 6.45) is -8.58. The molecule has 3 heterocycles. The molecule has 1 amide bonds. The number of nitrogens with one attached hydrogen (secondary N) is 1. The van der Waals surface area contributed by atoms with Gasteiger partial charge < -0.3 is 19.2 Å². The summed E-state index contributed by atoms with van der Waals surface area (Å²) in [7, 11) is 0. The van der Waals surface area contributed by atoms with E-state index >= 15 is 0 Å². The number of hydrogen-bond donors (Lipinski definition) is 1. The Hall–Kier alpha value is -2.94. The summed E-state index contributed by atoms with van der Waals surface area (Å²) in [6, 6.07) is 1.50. The first kappa shape index (κ1) is 25.2. The molecular formula is C20H20F6N4O5. The Bertz CT molecular complexity index is 999. The Morgan fingerprint density at radius 2 is 1.83 bits per heavy atom. The van der Waals surface area contributed by atoms with E-state index < -0.39 is 43.0 Å². The van der Waals surface area contributed by atoms with Crippen molar-refractivity contribution >= 4 is 5.91 Å². The summed E-state index contributed by atoms with van der Waals surface area (Å²) in [5.41, 5.74) is -1.07. The highest BCUT2D eigenvalue weighted by molar-refractivity contribution is 5.77. The molecule has 1 saturated heterocycles. The molecule has 0 spiro atoms. The molecular weight excluding hydrogens is 490 g/mol. The number of aromatic nitrogens is 3. The van der Waals surface area contributed by atoms with E-state index in [9.17, 15) is 31.1 Å². The Balaban J connectivity index is 1.17. The monoisotopic (exact) mass is 510 g/mol.